The summed E-state index contributed by atoms with van der Waals surface area (Å²) in [6.07, 6.45) is -4.01. The van der Waals surface area contributed by atoms with Crippen molar-refractivity contribution in [1.29, 1.82) is 0 Å². The van der Waals surface area contributed by atoms with Gasteiger partial charge in [-0.05, 0) is 38.2 Å². The third-order valence-corrected chi connectivity index (χ3v) is 4.85. The Kier molecular flexibility index (Phi) is 7.30. The summed E-state index contributed by atoms with van der Waals surface area (Å²) in [4.78, 5) is 1.06. The molecule has 0 fully saturated rings. The summed E-state index contributed by atoms with van der Waals surface area (Å²) < 4.78 is 68.9. The molecule has 0 aliphatic carbocycles. The third kappa shape index (κ3) is 7.06. The van der Waals surface area contributed by atoms with E-state index in [-0.39, 0.29) is 30.2 Å². The maximum Gasteiger partial charge on any atom is 0.401 e. The number of halogens is 4. The quantitative estimate of drug-likeness (QED) is 0.659. The first-order chi connectivity index (χ1) is 10.5. The van der Waals surface area contributed by atoms with E-state index in [0.717, 1.165) is 4.90 Å². The Bertz CT molecular complexity index is 623. The van der Waals surface area contributed by atoms with E-state index in [9.17, 15) is 21.6 Å². The van der Waals surface area contributed by atoms with Gasteiger partial charge in [0.05, 0.1) is 13.7 Å². The summed E-state index contributed by atoms with van der Waals surface area (Å²) in [6, 6.07) is 4.55. The molecule has 1 aromatic carbocycles. The highest BCUT2D eigenvalue weighted by Gasteiger charge is 2.28. The van der Waals surface area contributed by atoms with Gasteiger partial charge in [-0.3, -0.25) is 4.90 Å². The van der Waals surface area contributed by atoms with Crippen molar-refractivity contribution < 1.29 is 26.3 Å². The van der Waals surface area contributed by atoms with Crippen molar-refractivity contribution in [3.8, 4) is 5.75 Å². The van der Waals surface area contributed by atoms with Crippen LogP contribution in [-0.4, -0.2) is 53.3 Å². The summed E-state index contributed by atoms with van der Waals surface area (Å²) in [5.74, 6) is 0.190. The van der Waals surface area contributed by atoms with Crippen molar-refractivity contribution in [2.45, 2.75) is 17.5 Å². The minimum atomic E-state index is -4.27. The van der Waals surface area contributed by atoms with Crippen molar-refractivity contribution in [3.05, 3.63) is 22.7 Å². The summed E-state index contributed by atoms with van der Waals surface area (Å²) in [5, 5.41) is 0. The molecule has 0 bridgehead atoms. The van der Waals surface area contributed by atoms with Gasteiger partial charge in [-0.25, -0.2) is 13.1 Å². The summed E-state index contributed by atoms with van der Waals surface area (Å²) in [7, 11) is -1.12. The van der Waals surface area contributed by atoms with Crippen molar-refractivity contribution in [1.82, 2.24) is 9.62 Å². The molecule has 0 spiro atoms. The lowest BCUT2D eigenvalue weighted by Gasteiger charge is -2.18. The predicted octanol–water partition coefficient (Wildman–Crippen LogP) is 2.62. The van der Waals surface area contributed by atoms with E-state index in [1.807, 2.05) is 0 Å². The molecule has 0 aliphatic rings. The average Bonchev–Trinajstić information content (AvgIpc) is 2.42. The van der Waals surface area contributed by atoms with Crippen LogP contribution in [0.25, 0.3) is 0 Å². The number of nitrogens with one attached hydrogen (secondary N) is 1. The van der Waals surface area contributed by atoms with Crippen LogP contribution >= 0.6 is 15.9 Å². The number of sulfonamides is 1. The fourth-order valence-corrected chi connectivity index (χ4v) is 3.66. The topological polar surface area (TPSA) is 58.6 Å². The first-order valence-electron chi connectivity index (χ1n) is 6.63. The van der Waals surface area contributed by atoms with Crippen molar-refractivity contribution in [2.75, 3.05) is 33.8 Å². The van der Waals surface area contributed by atoms with Gasteiger partial charge < -0.3 is 4.74 Å². The van der Waals surface area contributed by atoms with E-state index in [2.05, 4.69) is 20.7 Å². The largest absolute Gasteiger partial charge is 0.495 e. The maximum atomic E-state index is 12.2. The van der Waals surface area contributed by atoms with Crippen molar-refractivity contribution in [3.63, 3.8) is 0 Å². The minimum Gasteiger partial charge on any atom is -0.495 e. The fraction of sp³-hybridized carbons (Fsp3) is 0.538. The van der Waals surface area contributed by atoms with E-state index in [1.54, 1.807) is 6.07 Å². The Morgan fingerprint density at radius 2 is 2.00 bits per heavy atom. The number of hydrogen-bond acceptors (Lipinski definition) is 4. The molecule has 1 aromatic rings. The zero-order valence-corrected chi connectivity index (χ0v) is 15.1. The maximum absolute atomic E-state index is 12.2. The highest BCUT2D eigenvalue weighted by atomic mass is 79.9. The standard InChI is InChI=1S/C13H18BrF3N2O3S/c1-19(9-13(15,16)17)7-3-6-18-23(20,21)12-8-10(14)4-5-11(12)22-2/h4-5,8,18H,3,6-7,9H2,1-2H3. The van der Waals surface area contributed by atoms with Crippen LogP contribution in [0.1, 0.15) is 6.42 Å². The Balaban J connectivity index is 2.59. The molecule has 0 saturated heterocycles. The zero-order valence-electron chi connectivity index (χ0n) is 12.7. The molecule has 0 aliphatic heterocycles. The molecule has 0 amide bonds. The number of hydrogen-bond donors (Lipinski definition) is 1. The highest BCUT2D eigenvalue weighted by molar-refractivity contribution is 9.10. The van der Waals surface area contributed by atoms with E-state index >= 15 is 0 Å². The number of benzene rings is 1. The van der Waals surface area contributed by atoms with E-state index in [4.69, 9.17) is 4.74 Å². The molecule has 0 saturated carbocycles. The Hall–Kier alpha value is -0.840. The van der Waals surface area contributed by atoms with Gasteiger partial charge in [-0.15, -0.1) is 0 Å². The van der Waals surface area contributed by atoms with Crippen LogP contribution in [0.4, 0.5) is 13.2 Å². The number of nitrogens with zero attached hydrogens (tertiary/aromatic N) is 1. The number of methoxy groups -OCH3 is 1. The van der Waals surface area contributed by atoms with Crippen molar-refractivity contribution in [2.24, 2.45) is 0 Å². The smallest absolute Gasteiger partial charge is 0.401 e. The number of rotatable bonds is 8. The van der Waals surface area contributed by atoms with Crippen LogP contribution in [-0.2, 0) is 10.0 Å². The number of alkyl halides is 3. The Morgan fingerprint density at radius 1 is 1.35 bits per heavy atom. The minimum absolute atomic E-state index is 0.0280. The van der Waals surface area contributed by atoms with Gasteiger partial charge in [0, 0.05) is 11.0 Å². The van der Waals surface area contributed by atoms with Crippen LogP contribution < -0.4 is 9.46 Å². The monoisotopic (exact) mass is 418 g/mol. The second-order valence-corrected chi connectivity index (χ2v) is 7.55. The molecule has 0 heterocycles. The Labute approximate surface area is 142 Å². The third-order valence-electron chi connectivity index (χ3n) is 2.87. The normalized spacial score (nSPS) is 12.7. The van der Waals surface area contributed by atoms with Crippen LogP contribution in [0.2, 0.25) is 0 Å². The Morgan fingerprint density at radius 3 is 2.57 bits per heavy atom. The van der Waals surface area contributed by atoms with Gasteiger partial charge in [0.25, 0.3) is 0 Å². The average molecular weight is 419 g/mol. The summed E-state index contributed by atoms with van der Waals surface area (Å²) >= 11 is 3.19. The molecule has 1 rings (SSSR count). The predicted molar refractivity (Wildman–Crippen MR) is 84.1 cm³/mol. The molecule has 0 radical (unpaired) electrons. The van der Waals surface area contributed by atoms with Gasteiger partial charge in [-0.2, -0.15) is 13.2 Å². The highest BCUT2D eigenvalue weighted by Crippen LogP contribution is 2.27. The van der Waals surface area contributed by atoms with Crippen LogP contribution in [0.15, 0.2) is 27.6 Å². The van der Waals surface area contributed by atoms with Gasteiger partial charge in [0.15, 0.2) is 0 Å². The summed E-state index contributed by atoms with van der Waals surface area (Å²) in [5.41, 5.74) is 0. The molecule has 10 heteroatoms. The molecule has 0 atom stereocenters. The fourth-order valence-electron chi connectivity index (χ4n) is 1.88. The van der Waals surface area contributed by atoms with Crippen LogP contribution in [0.3, 0.4) is 0 Å². The lowest BCUT2D eigenvalue weighted by Crippen LogP contribution is -2.33. The molecule has 132 valence electrons. The van der Waals surface area contributed by atoms with E-state index in [0.29, 0.717) is 4.47 Å². The molecule has 1 N–H and O–H groups in total. The second-order valence-electron chi connectivity index (χ2n) is 4.90. The van der Waals surface area contributed by atoms with Crippen LogP contribution in [0.5, 0.6) is 5.75 Å². The summed E-state index contributed by atoms with van der Waals surface area (Å²) in [6.45, 7) is -0.878. The molecular weight excluding hydrogens is 401 g/mol. The lowest BCUT2D eigenvalue weighted by molar-refractivity contribution is -0.143. The van der Waals surface area contributed by atoms with E-state index < -0.39 is 22.7 Å². The van der Waals surface area contributed by atoms with Crippen molar-refractivity contribution >= 4 is 26.0 Å². The van der Waals surface area contributed by atoms with Gasteiger partial charge >= 0.3 is 6.18 Å². The first-order valence-corrected chi connectivity index (χ1v) is 8.91. The van der Waals surface area contributed by atoms with Gasteiger partial charge in [-0.1, -0.05) is 15.9 Å². The van der Waals surface area contributed by atoms with E-state index in [1.165, 1.54) is 26.3 Å². The van der Waals surface area contributed by atoms with Gasteiger partial charge in [0.2, 0.25) is 10.0 Å². The molecule has 5 nitrogen and oxygen atoms in total. The number of ether oxygens (including phenoxy) is 1. The second kappa shape index (κ2) is 8.32. The molecular formula is C13H18BrF3N2O3S. The molecule has 23 heavy (non-hydrogen) atoms. The zero-order chi connectivity index (χ0) is 17.7. The SMILES string of the molecule is COc1ccc(Br)cc1S(=O)(=O)NCCCN(C)CC(F)(F)F. The molecule has 0 aromatic heterocycles. The molecule has 0 unspecified atom stereocenters. The van der Waals surface area contributed by atoms with Gasteiger partial charge in [0.1, 0.15) is 10.6 Å². The van der Waals surface area contributed by atoms with Crippen LogP contribution in [0, 0.1) is 0 Å². The lowest BCUT2D eigenvalue weighted by atomic mass is 10.3. The first kappa shape index (κ1) is 20.2.